The third-order valence-corrected chi connectivity index (χ3v) is 2.73. The van der Waals surface area contributed by atoms with Crippen molar-refractivity contribution in [1.82, 2.24) is 5.32 Å². The Bertz CT molecular complexity index is 393. The average molecular weight is 267 g/mol. The quantitative estimate of drug-likeness (QED) is 0.645. The van der Waals surface area contributed by atoms with Crippen molar-refractivity contribution in [3.05, 3.63) is 35.1 Å². The van der Waals surface area contributed by atoms with Crippen molar-refractivity contribution in [3.63, 3.8) is 0 Å². The summed E-state index contributed by atoms with van der Waals surface area (Å²) in [6, 6.07) is 5.13. The van der Waals surface area contributed by atoms with Crippen LogP contribution < -0.4 is 5.32 Å². The lowest BCUT2D eigenvalue weighted by atomic mass is 10.1. The Hall–Kier alpha value is -0.980. The molecule has 0 aliphatic carbocycles. The lowest BCUT2D eigenvalue weighted by Gasteiger charge is -2.05. The highest BCUT2D eigenvalue weighted by atomic mass is 32.2. The van der Waals surface area contributed by atoms with Crippen LogP contribution in [0.5, 0.6) is 0 Å². The molecule has 0 heterocycles. The van der Waals surface area contributed by atoms with Crippen molar-refractivity contribution < 1.29 is 4.39 Å². The first-order valence-electron chi connectivity index (χ1n) is 6.18. The van der Waals surface area contributed by atoms with Crippen molar-refractivity contribution in [2.24, 2.45) is 0 Å². The van der Waals surface area contributed by atoms with Crippen LogP contribution in [0.4, 0.5) is 4.39 Å². The van der Waals surface area contributed by atoms with Gasteiger partial charge in [-0.1, -0.05) is 25.8 Å². The average Bonchev–Trinajstić information content (AvgIpc) is 2.39. The largest absolute Gasteiger partial charge is 0.312 e. The van der Waals surface area contributed by atoms with Gasteiger partial charge in [0.15, 0.2) is 0 Å². The maximum Gasteiger partial charge on any atom is 0.128 e. The third-order valence-electron chi connectivity index (χ3n) is 2.12. The number of nitrogens with one attached hydrogen (secondary N) is 1. The highest BCUT2D eigenvalue weighted by Crippen LogP contribution is 2.09. The van der Waals surface area contributed by atoms with Gasteiger partial charge in [-0.25, -0.2) is 4.39 Å². The Morgan fingerprint density at radius 3 is 2.61 bits per heavy atom. The summed E-state index contributed by atoms with van der Waals surface area (Å²) in [4.78, 5) is 0. The number of hydrogen-bond donors (Lipinski definition) is 1. The lowest BCUT2D eigenvalue weighted by Crippen LogP contribution is -2.17. The fraction of sp³-hybridized carbons (Fsp3) is 0.467. The van der Waals surface area contributed by atoms with Gasteiger partial charge in [0.1, 0.15) is 5.82 Å². The number of halogens is 1. The van der Waals surface area contributed by atoms with Crippen LogP contribution >= 0.6 is 11.8 Å². The summed E-state index contributed by atoms with van der Waals surface area (Å²) in [6.07, 6.45) is 2.06. The smallest absolute Gasteiger partial charge is 0.128 e. The van der Waals surface area contributed by atoms with Gasteiger partial charge >= 0.3 is 0 Å². The molecular weight excluding hydrogens is 245 g/mol. The number of rotatable bonds is 5. The van der Waals surface area contributed by atoms with E-state index in [2.05, 4.69) is 23.4 Å². The summed E-state index contributed by atoms with van der Waals surface area (Å²) in [5, 5.41) is 3.20. The summed E-state index contributed by atoms with van der Waals surface area (Å²) in [6.45, 7) is 7.22. The van der Waals surface area contributed by atoms with Crippen LogP contribution in [0.15, 0.2) is 18.2 Å². The number of benzene rings is 1. The van der Waals surface area contributed by atoms with Gasteiger partial charge in [0.2, 0.25) is 0 Å². The van der Waals surface area contributed by atoms with Crippen molar-refractivity contribution in [2.45, 2.75) is 27.3 Å². The van der Waals surface area contributed by atoms with E-state index in [9.17, 15) is 4.39 Å². The fourth-order valence-electron chi connectivity index (χ4n) is 1.31. The van der Waals surface area contributed by atoms with Gasteiger partial charge in [0.25, 0.3) is 0 Å². The molecule has 0 spiro atoms. The predicted octanol–water partition coefficient (Wildman–Crippen LogP) is 3.68. The third kappa shape index (κ3) is 6.68. The van der Waals surface area contributed by atoms with Gasteiger partial charge in [0.05, 0.1) is 0 Å². The molecule has 1 N–H and O–H groups in total. The summed E-state index contributed by atoms with van der Waals surface area (Å²) in [5.41, 5.74) is 1.43. The van der Waals surface area contributed by atoms with Gasteiger partial charge in [-0.15, -0.1) is 5.92 Å². The van der Waals surface area contributed by atoms with E-state index >= 15 is 0 Å². The molecule has 0 aliphatic heterocycles. The second-order valence-electron chi connectivity index (χ2n) is 3.35. The molecule has 0 saturated carbocycles. The van der Waals surface area contributed by atoms with Crippen molar-refractivity contribution in [3.8, 4) is 11.8 Å². The zero-order valence-electron chi connectivity index (χ0n) is 11.6. The highest BCUT2D eigenvalue weighted by Gasteiger charge is 2.01. The minimum Gasteiger partial charge on any atom is -0.312 e. The van der Waals surface area contributed by atoms with E-state index in [4.69, 9.17) is 0 Å². The molecule has 1 aromatic carbocycles. The van der Waals surface area contributed by atoms with E-state index in [0.29, 0.717) is 12.1 Å². The maximum atomic E-state index is 13.6. The first kappa shape index (κ1) is 17.0. The minimum absolute atomic E-state index is 0.183. The van der Waals surface area contributed by atoms with Gasteiger partial charge in [0, 0.05) is 30.0 Å². The highest BCUT2D eigenvalue weighted by molar-refractivity contribution is 7.98. The van der Waals surface area contributed by atoms with Crippen molar-refractivity contribution in [2.75, 3.05) is 18.6 Å². The van der Waals surface area contributed by atoms with Crippen LogP contribution in [0.3, 0.4) is 0 Å². The monoisotopic (exact) mass is 267 g/mol. The van der Waals surface area contributed by atoms with Gasteiger partial charge in [-0.2, -0.15) is 11.8 Å². The topological polar surface area (TPSA) is 12.0 Å². The van der Waals surface area contributed by atoms with Gasteiger partial charge in [-0.05, 0) is 25.3 Å². The van der Waals surface area contributed by atoms with Crippen molar-refractivity contribution in [1.29, 1.82) is 0 Å². The Labute approximate surface area is 115 Å². The van der Waals surface area contributed by atoms with Crippen LogP contribution in [0, 0.1) is 17.7 Å². The zero-order chi connectivity index (χ0) is 13.8. The SMILES string of the molecule is CC.CC#Cc1ccc(CNCCSC)c(F)c1. The first-order valence-corrected chi connectivity index (χ1v) is 7.58. The molecule has 1 rings (SSSR count). The molecule has 0 fully saturated rings. The Morgan fingerprint density at radius 2 is 2.06 bits per heavy atom. The van der Waals surface area contributed by atoms with Gasteiger partial charge in [-0.3, -0.25) is 0 Å². The van der Waals surface area contributed by atoms with E-state index in [-0.39, 0.29) is 5.82 Å². The van der Waals surface area contributed by atoms with Gasteiger partial charge < -0.3 is 5.32 Å². The first-order chi connectivity index (χ1) is 8.77. The number of hydrogen-bond acceptors (Lipinski definition) is 2. The molecule has 0 amide bonds. The summed E-state index contributed by atoms with van der Waals surface area (Å²) < 4.78 is 13.6. The molecule has 18 heavy (non-hydrogen) atoms. The predicted molar refractivity (Wildman–Crippen MR) is 80.4 cm³/mol. The molecule has 1 aromatic rings. The second kappa shape index (κ2) is 11.1. The van der Waals surface area contributed by atoms with Crippen LogP contribution in [-0.2, 0) is 6.54 Å². The molecule has 0 saturated heterocycles. The molecular formula is C15H22FNS. The van der Waals surface area contributed by atoms with Crippen LogP contribution in [0.25, 0.3) is 0 Å². The lowest BCUT2D eigenvalue weighted by molar-refractivity contribution is 0.593. The fourth-order valence-corrected chi connectivity index (χ4v) is 1.66. The van der Waals surface area contributed by atoms with E-state index in [1.54, 1.807) is 24.8 Å². The molecule has 1 nitrogen and oxygen atoms in total. The number of thioether (sulfide) groups is 1. The molecule has 0 bridgehead atoms. The molecule has 0 unspecified atom stereocenters. The molecule has 0 atom stereocenters. The molecule has 0 aromatic heterocycles. The van der Waals surface area contributed by atoms with Crippen molar-refractivity contribution >= 4 is 11.8 Å². The maximum absolute atomic E-state index is 13.6. The molecule has 0 aliphatic rings. The Balaban J connectivity index is 0.00000137. The molecule has 0 radical (unpaired) electrons. The summed E-state index contributed by atoms with van der Waals surface area (Å²) >= 11 is 1.78. The van der Waals surface area contributed by atoms with Crippen LogP contribution in [0.2, 0.25) is 0 Å². The van der Waals surface area contributed by atoms with E-state index < -0.39 is 0 Å². The normalized spacial score (nSPS) is 8.94. The summed E-state index contributed by atoms with van der Waals surface area (Å²) in [7, 11) is 0. The van der Waals surface area contributed by atoms with E-state index in [0.717, 1.165) is 17.9 Å². The molecule has 100 valence electrons. The van der Waals surface area contributed by atoms with Crippen LogP contribution in [-0.4, -0.2) is 18.6 Å². The van der Waals surface area contributed by atoms with E-state index in [1.165, 1.54) is 6.07 Å². The summed E-state index contributed by atoms with van der Waals surface area (Å²) in [5.74, 6) is 6.45. The standard InChI is InChI=1S/C13H16FNS.C2H6/c1-3-4-11-5-6-12(13(14)9-11)10-15-7-8-16-2;1-2/h5-6,9,15H,7-8,10H2,1-2H3;1-2H3. The Morgan fingerprint density at radius 1 is 1.33 bits per heavy atom. The van der Waals surface area contributed by atoms with E-state index in [1.807, 2.05) is 19.9 Å². The Kier molecular flexibility index (Phi) is 10.5. The van der Waals surface area contributed by atoms with Crippen LogP contribution in [0.1, 0.15) is 31.9 Å². The minimum atomic E-state index is -0.183. The zero-order valence-corrected chi connectivity index (χ0v) is 12.5. The second-order valence-corrected chi connectivity index (χ2v) is 4.34. The molecule has 3 heteroatoms.